The summed E-state index contributed by atoms with van der Waals surface area (Å²) in [4.78, 5) is 24.0. The van der Waals surface area contributed by atoms with Crippen molar-refractivity contribution in [3.05, 3.63) is 46.2 Å². The van der Waals surface area contributed by atoms with E-state index in [0.717, 1.165) is 5.56 Å². The Morgan fingerprint density at radius 3 is 2.54 bits per heavy atom. The molecule has 0 radical (unpaired) electrons. The Morgan fingerprint density at radius 1 is 1.11 bits per heavy atom. The number of hydrogen-bond acceptors (Lipinski definition) is 5. The van der Waals surface area contributed by atoms with Crippen LogP contribution in [0.4, 0.5) is 0 Å². The molecule has 0 aliphatic carbocycles. The van der Waals surface area contributed by atoms with Crippen LogP contribution < -0.4 is 20.1 Å². The molecule has 152 valence electrons. The van der Waals surface area contributed by atoms with Crippen molar-refractivity contribution >= 4 is 23.2 Å². The number of carbonyl (C=O) groups excluding carboxylic acids is 2. The molecule has 0 saturated carbocycles. The first-order chi connectivity index (χ1) is 13.5. The molecule has 0 spiro atoms. The molecule has 0 aliphatic rings. The van der Waals surface area contributed by atoms with Gasteiger partial charge < -0.3 is 20.1 Å². The molecule has 2 aromatic rings. The number of rotatable bonds is 11. The van der Waals surface area contributed by atoms with E-state index in [-0.39, 0.29) is 17.9 Å². The molecule has 1 unspecified atom stereocenters. The molecule has 28 heavy (non-hydrogen) atoms. The largest absolute Gasteiger partial charge is 0.490 e. The second-order valence-corrected chi connectivity index (χ2v) is 7.01. The lowest BCUT2D eigenvalue weighted by atomic mass is 10.1. The fourth-order valence-corrected chi connectivity index (χ4v) is 3.32. The van der Waals surface area contributed by atoms with Gasteiger partial charge in [-0.3, -0.25) is 9.59 Å². The Balaban J connectivity index is 1.79. The molecule has 0 aliphatic heterocycles. The van der Waals surface area contributed by atoms with Crippen molar-refractivity contribution in [3.63, 3.8) is 0 Å². The Morgan fingerprint density at radius 2 is 1.86 bits per heavy atom. The number of benzene rings is 1. The summed E-state index contributed by atoms with van der Waals surface area (Å²) in [6.45, 7) is 7.35. The first-order valence-electron chi connectivity index (χ1n) is 9.54. The predicted molar refractivity (Wildman–Crippen MR) is 111 cm³/mol. The van der Waals surface area contributed by atoms with Crippen LogP contribution in [0.3, 0.4) is 0 Å². The zero-order valence-electron chi connectivity index (χ0n) is 16.6. The molecule has 0 saturated heterocycles. The summed E-state index contributed by atoms with van der Waals surface area (Å²) in [5.41, 5.74) is 1.61. The van der Waals surface area contributed by atoms with E-state index >= 15 is 0 Å². The molecule has 1 atom stereocenters. The Bertz CT molecular complexity index is 762. The van der Waals surface area contributed by atoms with Crippen molar-refractivity contribution in [1.82, 2.24) is 10.6 Å². The minimum atomic E-state index is -0.150. The summed E-state index contributed by atoms with van der Waals surface area (Å²) < 4.78 is 11.2. The topological polar surface area (TPSA) is 76.7 Å². The maximum atomic E-state index is 12.2. The van der Waals surface area contributed by atoms with Gasteiger partial charge in [-0.25, -0.2) is 0 Å². The molecule has 6 nitrogen and oxygen atoms in total. The lowest BCUT2D eigenvalue weighted by molar-refractivity contribution is -0.121. The maximum absolute atomic E-state index is 12.2. The van der Waals surface area contributed by atoms with Gasteiger partial charge in [0, 0.05) is 23.9 Å². The normalized spacial score (nSPS) is 11.5. The van der Waals surface area contributed by atoms with Crippen LogP contribution in [0, 0.1) is 0 Å². The summed E-state index contributed by atoms with van der Waals surface area (Å²) in [5.74, 6) is 1.23. The van der Waals surface area contributed by atoms with Crippen molar-refractivity contribution in [2.24, 2.45) is 0 Å². The van der Waals surface area contributed by atoms with E-state index in [1.807, 2.05) is 44.4 Å². The van der Waals surface area contributed by atoms with Crippen molar-refractivity contribution < 1.29 is 19.1 Å². The number of hydrogen-bond donors (Lipinski definition) is 2. The smallest absolute Gasteiger partial charge is 0.252 e. The van der Waals surface area contributed by atoms with E-state index in [9.17, 15) is 9.59 Å². The van der Waals surface area contributed by atoms with Gasteiger partial charge in [-0.2, -0.15) is 11.3 Å². The highest BCUT2D eigenvalue weighted by Gasteiger charge is 2.13. The first-order valence-corrected chi connectivity index (χ1v) is 10.5. The van der Waals surface area contributed by atoms with E-state index in [1.54, 1.807) is 11.4 Å². The van der Waals surface area contributed by atoms with E-state index in [0.29, 0.717) is 49.7 Å². The summed E-state index contributed by atoms with van der Waals surface area (Å²) in [7, 11) is 0. The van der Waals surface area contributed by atoms with Gasteiger partial charge >= 0.3 is 0 Å². The van der Waals surface area contributed by atoms with Crippen LogP contribution in [0.25, 0.3) is 0 Å². The minimum absolute atomic E-state index is 0.0517. The molecule has 1 aromatic carbocycles. The summed E-state index contributed by atoms with van der Waals surface area (Å²) in [6, 6.07) is 7.33. The van der Waals surface area contributed by atoms with Crippen molar-refractivity contribution in [2.75, 3.05) is 19.8 Å². The average Bonchev–Trinajstić information content (AvgIpc) is 3.21. The van der Waals surface area contributed by atoms with Gasteiger partial charge in [-0.15, -0.1) is 0 Å². The molecule has 0 fully saturated rings. The maximum Gasteiger partial charge on any atom is 0.252 e. The highest BCUT2D eigenvalue weighted by Crippen LogP contribution is 2.30. The zero-order chi connectivity index (χ0) is 20.4. The van der Waals surface area contributed by atoms with Gasteiger partial charge in [0.15, 0.2) is 11.5 Å². The van der Waals surface area contributed by atoms with Crippen LogP contribution in [0.2, 0.25) is 0 Å². The van der Waals surface area contributed by atoms with E-state index in [1.165, 1.54) is 11.3 Å². The van der Waals surface area contributed by atoms with Gasteiger partial charge in [0.25, 0.3) is 5.91 Å². The second kappa shape index (κ2) is 11.3. The van der Waals surface area contributed by atoms with Crippen molar-refractivity contribution in [2.45, 2.75) is 39.7 Å². The van der Waals surface area contributed by atoms with Gasteiger partial charge in [-0.05, 0) is 56.3 Å². The van der Waals surface area contributed by atoms with Crippen LogP contribution in [0.1, 0.15) is 55.6 Å². The van der Waals surface area contributed by atoms with Crippen LogP contribution in [0.5, 0.6) is 11.5 Å². The molecule has 2 N–H and O–H groups in total. The van der Waals surface area contributed by atoms with Crippen molar-refractivity contribution in [1.29, 1.82) is 0 Å². The van der Waals surface area contributed by atoms with Gasteiger partial charge in [-0.1, -0.05) is 6.07 Å². The van der Waals surface area contributed by atoms with Crippen molar-refractivity contribution in [3.8, 4) is 11.5 Å². The summed E-state index contributed by atoms with van der Waals surface area (Å²) >= 11 is 1.48. The standard InChI is InChI=1S/C21H28N2O4S/c1-4-26-18-9-8-16(13-19(18)27-5-2)15(3)23-20(24)7-6-11-22-21(25)17-10-12-28-14-17/h8-10,12-15H,4-7,11H2,1-3H3,(H,22,25)(H,23,24). The number of thiophene rings is 1. The molecular weight excluding hydrogens is 376 g/mol. The number of nitrogens with one attached hydrogen (secondary N) is 2. The van der Waals surface area contributed by atoms with Gasteiger partial charge in [0.1, 0.15) is 0 Å². The summed E-state index contributed by atoms with van der Waals surface area (Å²) in [5, 5.41) is 9.47. The van der Waals surface area contributed by atoms with Crippen LogP contribution in [0.15, 0.2) is 35.0 Å². The van der Waals surface area contributed by atoms with E-state index in [2.05, 4.69) is 10.6 Å². The Hall–Kier alpha value is -2.54. The fraction of sp³-hybridized carbons (Fsp3) is 0.429. The molecule has 2 amide bonds. The third kappa shape index (κ3) is 6.56. The Kier molecular flexibility index (Phi) is 8.81. The van der Waals surface area contributed by atoms with Crippen LogP contribution in [-0.2, 0) is 4.79 Å². The highest BCUT2D eigenvalue weighted by atomic mass is 32.1. The summed E-state index contributed by atoms with van der Waals surface area (Å²) in [6.07, 6.45) is 0.936. The lowest BCUT2D eigenvalue weighted by Gasteiger charge is -2.17. The highest BCUT2D eigenvalue weighted by molar-refractivity contribution is 7.08. The molecule has 7 heteroatoms. The van der Waals surface area contributed by atoms with Gasteiger partial charge in [0.2, 0.25) is 5.91 Å². The zero-order valence-corrected chi connectivity index (χ0v) is 17.4. The minimum Gasteiger partial charge on any atom is -0.490 e. The van der Waals surface area contributed by atoms with E-state index in [4.69, 9.17) is 9.47 Å². The monoisotopic (exact) mass is 404 g/mol. The number of amides is 2. The quantitative estimate of drug-likeness (QED) is 0.556. The second-order valence-electron chi connectivity index (χ2n) is 6.23. The van der Waals surface area contributed by atoms with Crippen LogP contribution >= 0.6 is 11.3 Å². The molecular formula is C21H28N2O4S. The van der Waals surface area contributed by atoms with Crippen LogP contribution in [-0.4, -0.2) is 31.6 Å². The molecule has 1 heterocycles. The fourth-order valence-electron chi connectivity index (χ4n) is 2.68. The first kappa shape index (κ1) is 21.8. The van der Waals surface area contributed by atoms with E-state index < -0.39 is 0 Å². The third-order valence-corrected chi connectivity index (χ3v) is 4.78. The SMILES string of the molecule is CCOc1ccc(C(C)NC(=O)CCCNC(=O)c2ccsc2)cc1OCC. The van der Waals surface area contributed by atoms with Gasteiger partial charge in [0.05, 0.1) is 19.3 Å². The average molecular weight is 405 g/mol. The molecule has 1 aromatic heterocycles. The Labute approximate surface area is 170 Å². The molecule has 0 bridgehead atoms. The third-order valence-electron chi connectivity index (χ3n) is 4.09. The molecule has 2 rings (SSSR count). The number of ether oxygens (including phenoxy) is 2. The predicted octanol–water partition coefficient (Wildman–Crippen LogP) is 3.93. The number of carbonyl (C=O) groups is 2. The lowest BCUT2D eigenvalue weighted by Crippen LogP contribution is -2.29.